The molecule has 5 heteroatoms. The number of halogens is 2. The summed E-state index contributed by atoms with van der Waals surface area (Å²) in [7, 11) is 0. The first-order chi connectivity index (χ1) is 7.08. The molecular formula is C10H9Cl2NO2. The van der Waals surface area contributed by atoms with Crippen LogP contribution in [-0.4, -0.2) is 11.2 Å². The second-order valence-corrected chi connectivity index (χ2v) is 3.77. The second-order valence-electron chi connectivity index (χ2n) is 2.92. The number of benzene rings is 1. The van der Waals surface area contributed by atoms with E-state index in [1.807, 2.05) is 6.07 Å². The van der Waals surface area contributed by atoms with Crippen LogP contribution < -0.4 is 4.74 Å². The van der Waals surface area contributed by atoms with Gasteiger partial charge in [-0.1, -0.05) is 23.2 Å². The highest BCUT2D eigenvalue weighted by Crippen LogP contribution is 2.33. The number of aliphatic hydroxyl groups excluding tert-OH is 1. The summed E-state index contributed by atoms with van der Waals surface area (Å²) in [5, 5.41) is 18.4. The first-order valence-electron chi connectivity index (χ1n) is 4.23. The third kappa shape index (κ3) is 3.00. The van der Waals surface area contributed by atoms with E-state index in [2.05, 4.69) is 0 Å². The number of aliphatic hydroxyl groups is 1. The molecule has 0 aromatic heterocycles. The third-order valence-corrected chi connectivity index (χ3v) is 2.23. The molecule has 3 nitrogen and oxygen atoms in total. The topological polar surface area (TPSA) is 53.2 Å². The largest absolute Gasteiger partial charge is 0.474 e. The molecule has 0 saturated heterocycles. The van der Waals surface area contributed by atoms with Crippen molar-refractivity contribution in [3.05, 3.63) is 27.7 Å². The highest BCUT2D eigenvalue weighted by atomic mass is 35.5. The SMILES string of the molecule is CC(C#N)Oc1c(Cl)cc(Cl)cc1CO. The number of hydrogen-bond donors (Lipinski definition) is 1. The fraction of sp³-hybridized carbons (Fsp3) is 0.300. The maximum absolute atomic E-state index is 9.07. The van der Waals surface area contributed by atoms with E-state index in [0.717, 1.165) is 0 Å². The van der Waals surface area contributed by atoms with E-state index in [9.17, 15) is 0 Å². The van der Waals surface area contributed by atoms with Gasteiger partial charge in [-0.2, -0.15) is 5.26 Å². The highest BCUT2D eigenvalue weighted by molar-refractivity contribution is 6.35. The molecule has 0 spiro atoms. The van der Waals surface area contributed by atoms with Crippen molar-refractivity contribution in [3.8, 4) is 11.8 Å². The summed E-state index contributed by atoms with van der Waals surface area (Å²) in [6.07, 6.45) is -0.631. The van der Waals surface area contributed by atoms with Gasteiger partial charge in [0.25, 0.3) is 0 Å². The Labute approximate surface area is 97.8 Å². The first-order valence-corrected chi connectivity index (χ1v) is 4.99. The van der Waals surface area contributed by atoms with Crippen molar-refractivity contribution in [1.29, 1.82) is 5.26 Å². The maximum atomic E-state index is 9.07. The molecule has 1 N–H and O–H groups in total. The molecule has 15 heavy (non-hydrogen) atoms. The molecule has 1 atom stereocenters. The summed E-state index contributed by atoms with van der Waals surface area (Å²) in [5.74, 6) is 0.303. The van der Waals surface area contributed by atoms with Crippen LogP contribution in [0, 0.1) is 11.3 Å². The van der Waals surface area contributed by atoms with Gasteiger partial charge >= 0.3 is 0 Å². The van der Waals surface area contributed by atoms with Gasteiger partial charge < -0.3 is 9.84 Å². The molecule has 0 radical (unpaired) electrons. The number of rotatable bonds is 3. The van der Waals surface area contributed by atoms with Crippen LogP contribution in [0.4, 0.5) is 0 Å². The summed E-state index contributed by atoms with van der Waals surface area (Å²) < 4.78 is 5.26. The van der Waals surface area contributed by atoms with Gasteiger partial charge in [0.15, 0.2) is 6.10 Å². The molecule has 0 heterocycles. The van der Waals surface area contributed by atoms with Gasteiger partial charge in [0.1, 0.15) is 11.8 Å². The lowest BCUT2D eigenvalue weighted by molar-refractivity contribution is 0.247. The van der Waals surface area contributed by atoms with Gasteiger partial charge in [-0.3, -0.25) is 0 Å². The van der Waals surface area contributed by atoms with Crippen LogP contribution in [0.5, 0.6) is 5.75 Å². The quantitative estimate of drug-likeness (QED) is 0.892. The number of nitrogens with zero attached hydrogens (tertiary/aromatic N) is 1. The predicted octanol–water partition coefficient (Wildman–Crippen LogP) is 2.78. The van der Waals surface area contributed by atoms with E-state index in [1.165, 1.54) is 6.07 Å². The molecule has 0 fully saturated rings. The van der Waals surface area contributed by atoms with Crippen molar-refractivity contribution < 1.29 is 9.84 Å². The van der Waals surface area contributed by atoms with Crippen LogP contribution in [0.25, 0.3) is 0 Å². The van der Waals surface area contributed by atoms with E-state index in [1.54, 1.807) is 13.0 Å². The number of nitriles is 1. The summed E-state index contributed by atoms with van der Waals surface area (Å²) in [4.78, 5) is 0. The summed E-state index contributed by atoms with van der Waals surface area (Å²) in [5.41, 5.74) is 0.467. The Hall–Kier alpha value is -0.950. The molecule has 1 rings (SSSR count). The Morgan fingerprint density at radius 2 is 2.20 bits per heavy atom. The van der Waals surface area contributed by atoms with Crippen LogP contribution >= 0.6 is 23.2 Å². The lowest BCUT2D eigenvalue weighted by Gasteiger charge is -2.13. The fourth-order valence-corrected chi connectivity index (χ4v) is 1.65. The Bertz CT molecular complexity index is 401. The molecule has 0 aliphatic carbocycles. The van der Waals surface area contributed by atoms with Crippen LogP contribution in [0.2, 0.25) is 10.0 Å². The number of hydrogen-bond acceptors (Lipinski definition) is 3. The second kappa shape index (κ2) is 5.22. The van der Waals surface area contributed by atoms with Gasteiger partial charge in [0.05, 0.1) is 11.6 Å². The molecular weight excluding hydrogens is 237 g/mol. The average Bonchev–Trinajstić information content (AvgIpc) is 2.21. The summed E-state index contributed by atoms with van der Waals surface area (Å²) in [6, 6.07) is 4.96. The zero-order chi connectivity index (χ0) is 11.4. The molecule has 1 aromatic carbocycles. The van der Waals surface area contributed by atoms with Gasteiger partial charge in [-0.25, -0.2) is 0 Å². The van der Waals surface area contributed by atoms with Crippen molar-refractivity contribution >= 4 is 23.2 Å². The number of ether oxygens (including phenoxy) is 1. The van der Waals surface area contributed by atoms with Crippen LogP contribution in [0.15, 0.2) is 12.1 Å². The Balaban J connectivity index is 3.10. The maximum Gasteiger partial charge on any atom is 0.181 e. The molecule has 0 aliphatic heterocycles. The van der Waals surface area contributed by atoms with E-state index in [0.29, 0.717) is 16.3 Å². The normalized spacial score (nSPS) is 11.9. The minimum atomic E-state index is -0.631. The molecule has 0 saturated carbocycles. The Morgan fingerprint density at radius 1 is 1.53 bits per heavy atom. The zero-order valence-corrected chi connectivity index (χ0v) is 9.51. The highest BCUT2D eigenvalue weighted by Gasteiger charge is 2.12. The monoisotopic (exact) mass is 245 g/mol. The Kier molecular flexibility index (Phi) is 4.22. The molecule has 80 valence electrons. The minimum absolute atomic E-state index is 0.242. The zero-order valence-electron chi connectivity index (χ0n) is 8.00. The first kappa shape index (κ1) is 12.1. The lowest BCUT2D eigenvalue weighted by Crippen LogP contribution is -2.10. The smallest absolute Gasteiger partial charge is 0.181 e. The Morgan fingerprint density at radius 3 is 2.73 bits per heavy atom. The summed E-state index contributed by atoms with van der Waals surface area (Å²) >= 11 is 11.6. The van der Waals surface area contributed by atoms with E-state index in [-0.39, 0.29) is 11.6 Å². The van der Waals surface area contributed by atoms with Crippen molar-refractivity contribution in [2.75, 3.05) is 0 Å². The van der Waals surface area contributed by atoms with E-state index < -0.39 is 6.10 Å². The predicted molar refractivity (Wildman–Crippen MR) is 58.1 cm³/mol. The van der Waals surface area contributed by atoms with Gasteiger partial charge in [-0.15, -0.1) is 0 Å². The van der Waals surface area contributed by atoms with Gasteiger partial charge in [0.2, 0.25) is 0 Å². The fourth-order valence-electron chi connectivity index (χ4n) is 1.07. The molecule has 0 amide bonds. The molecule has 1 unspecified atom stereocenters. The molecule has 1 aromatic rings. The standard InChI is InChI=1S/C10H9Cl2NO2/c1-6(4-13)15-10-7(5-14)2-8(11)3-9(10)12/h2-3,6,14H,5H2,1H3. The van der Waals surface area contributed by atoms with E-state index >= 15 is 0 Å². The molecule has 0 aliphatic rings. The van der Waals surface area contributed by atoms with Crippen molar-refractivity contribution in [2.24, 2.45) is 0 Å². The third-order valence-electron chi connectivity index (χ3n) is 1.73. The average molecular weight is 246 g/mol. The lowest BCUT2D eigenvalue weighted by atomic mass is 10.2. The molecule has 0 bridgehead atoms. The minimum Gasteiger partial charge on any atom is -0.474 e. The van der Waals surface area contributed by atoms with Crippen molar-refractivity contribution in [2.45, 2.75) is 19.6 Å². The van der Waals surface area contributed by atoms with Gasteiger partial charge in [0, 0.05) is 10.6 Å². The van der Waals surface area contributed by atoms with Crippen molar-refractivity contribution in [3.63, 3.8) is 0 Å². The van der Waals surface area contributed by atoms with Crippen molar-refractivity contribution in [1.82, 2.24) is 0 Å². The van der Waals surface area contributed by atoms with Crippen LogP contribution in [-0.2, 0) is 6.61 Å². The summed E-state index contributed by atoms with van der Waals surface area (Å²) in [6.45, 7) is 1.35. The van der Waals surface area contributed by atoms with Crippen LogP contribution in [0.3, 0.4) is 0 Å². The van der Waals surface area contributed by atoms with Gasteiger partial charge in [-0.05, 0) is 19.1 Å². The van der Waals surface area contributed by atoms with E-state index in [4.69, 9.17) is 38.3 Å². The van der Waals surface area contributed by atoms with Crippen LogP contribution in [0.1, 0.15) is 12.5 Å².